The molecule has 0 atom stereocenters. The van der Waals surface area contributed by atoms with E-state index in [-0.39, 0.29) is 11.2 Å². The van der Waals surface area contributed by atoms with Gasteiger partial charge in [-0.15, -0.1) is 0 Å². The van der Waals surface area contributed by atoms with Crippen molar-refractivity contribution in [3.8, 4) is 0 Å². The zero-order valence-corrected chi connectivity index (χ0v) is 11.0. The van der Waals surface area contributed by atoms with Gasteiger partial charge in [0.15, 0.2) is 5.78 Å². The molecule has 88 valence electrons. The van der Waals surface area contributed by atoms with E-state index in [0.717, 1.165) is 0 Å². The third kappa shape index (κ3) is 2.87. The van der Waals surface area contributed by atoms with Crippen molar-refractivity contribution in [3.05, 3.63) is 23.8 Å². The number of hydrogen-bond donors (Lipinski definition) is 0. The summed E-state index contributed by atoms with van der Waals surface area (Å²) in [6.45, 7) is 11.8. The molecule has 0 saturated carbocycles. The van der Waals surface area contributed by atoms with Gasteiger partial charge in [-0.1, -0.05) is 41.5 Å². The van der Waals surface area contributed by atoms with E-state index in [1.54, 1.807) is 12.3 Å². The lowest BCUT2D eigenvalue weighted by Crippen LogP contribution is -2.24. The van der Waals surface area contributed by atoms with Crippen LogP contribution in [0.25, 0.3) is 0 Å². The highest BCUT2D eigenvalue weighted by molar-refractivity contribution is 5.98. The molecule has 0 radical (unpaired) electrons. The molecule has 0 saturated heterocycles. The number of nitrogens with zero attached hydrogens (tertiary/aromatic N) is 2. The van der Waals surface area contributed by atoms with Crippen LogP contribution in [0.3, 0.4) is 0 Å². The van der Waals surface area contributed by atoms with Gasteiger partial charge in [-0.2, -0.15) is 0 Å². The second-order valence-electron chi connectivity index (χ2n) is 6.09. The van der Waals surface area contributed by atoms with Crippen LogP contribution in [0.5, 0.6) is 0 Å². The lowest BCUT2D eigenvalue weighted by Gasteiger charge is -2.19. The summed E-state index contributed by atoms with van der Waals surface area (Å²) < 4.78 is 0. The third-order valence-electron chi connectivity index (χ3n) is 2.24. The maximum Gasteiger partial charge on any atom is 0.186 e. The van der Waals surface area contributed by atoms with Gasteiger partial charge < -0.3 is 0 Å². The predicted molar refractivity (Wildman–Crippen MR) is 64.5 cm³/mol. The second kappa shape index (κ2) is 3.96. The molecular weight excluding hydrogens is 200 g/mol. The van der Waals surface area contributed by atoms with Gasteiger partial charge in [0.25, 0.3) is 0 Å². The molecule has 3 heteroatoms. The molecule has 1 rings (SSSR count). The van der Waals surface area contributed by atoms with Crippen LogP contribution < -0.4 is 0 Å². The number of carbonyl (C=O) groups excluding carboxylic acids is 1. The molecule has 1 aromatic heterocycles. The van der Waals surface area contributed by atoms with Crippen molar-refractivity contribution in [1.29, 1.82) is 0 Å². The first-order chi connectivity index (χ1) is 7.12. The maximum atomic E-state index is 12.1. The van der Waals surface area contributed by atoms with Gasteiger partial charge in [0, 0.05) is 17.0 Å². The van der Waals surface area contributed by atoms with Gasteiger partial charge in [-0.3, -0.25) is 4.79 Å². The van der Waals surface area contributed by atoms with Crippen molar-refractivity contribution in [2.75, 3.05) is 0 Å². The van der Waals surface area contributed by atoms with Gasteiger partial charge in [-0.25, -0.2) is 9.97 Å². The Morgan fingerprint density at radius 3 is 2.12 bits per heavy atom. The summed E-state index contributed by atoms with van der Waals surface area (Å²) >= 11 is 0. The highest BCUT2D eigenvalue weighted by Crippen LogP contribution is 2.22. The van der Waals surface area contributed by atoms with Crippen molar-refractivity contribution in [3.63, 3.8) is 0 Å². The molecule has 0 aliphatic rings. The van der Waals surface area contributed by atoms with Crippen molar-refractivity contribution in [2.45, 2.75) is 47.0 Å². The van der Waals surface area contributed by atoms with Gasteiger partial charge in [-0.05, 0) is 6.07 Å². The average Bonchev–Trinajstić information content (AvgIpc) is 2.14. The van der Waals surface area contributed by atoms with Crippen molar-refractivity contribution < 1.29 is 4.79 Å². The summed E-state index contributed by atoms with van der Waals surface area (Å²) in [5.41, 5.74) is -0.0232. The van der Waals surface area contributed by atoms with Gasteiger partial charge >= 0.3 is 0 Å². The summed E-state index contributed by atoms with van der Waals surface area (Å²) in [5, 5.41) is 0. The van der Waals surface area contributed by atoms with E-state index in [0.29, 0.717) is 11.5 Å². The van der Waals surface area contributed by atoms with Crippen LogP contribution in [-0.4, -0.2) is 15.8 Å². The van der Waals surface area contributed by atoms with E-state index in [1.807, 2.05) is 41.5 Å². The summed E-state index contributed by atoms with van der Waals surface area (Å²) in [5.74, 6) is 0.767. The zero-order valence-electron chi connectivity index (χ0n) is 11.0. The van der Waals surface area contributed by atoms with Crippen LogP contribution in [0.4, 0.5) is 0 Å². The highest BCUT2D eigenvalue weighted by atomic mass is 16.1. The smallest absolute Gasteiger partial charge is 0.186 e. The third-order valence-corrected chi connectivity index (χ3v) is 2.24. The Kier molecular flexibility index (Phi) is 3.17. The van der Waals surface area contributed by atoms with E-state index >= 15 is 0 Å². The minimum atomic E-state index is -0.399. The molecular formula is C13H20N2O. The van der Waals surface area contributed by atoms with Crippen LogP contribution in [0.15, 0.2) is 12.3 Å². The Balaban J connectivity index is 3.14. The lowest BCUT2D eigenvalue weighted by molar-refractivity contribution is 0.0852. The van der Waals surface area contributed by atoms with Gasteiger partial charge in [0.05, 0.1) is 0 Å². The minimum absolute atomic E-state index is 0.0559. The molecule has 0 aliphatic heterocycles. The van der Waals surface area contributed by atoms with E-state index in [9.17, 15) is 4.79 Å². The fraction of sp³-hybridized carbons (Fsp3) is 0.615. The molecule has 0 aromatic carbocycles. The second-order valence-corrected chi connectivity index (χ2v) is 6.09. The maximum absolute atomic E-state index is 12.1. The Morgan fingerprint density at radius 1 is 1.12 bits per heavy atom. The fourth-order valence-electron chi connectivity index (χ4n) is 1.23. The number of Topliss-reactive ketones (excluding diaryl/α,β-unsaturated/α-hetero) is 1. The molecule has 0 spiro atoms. The predicted octanol–water partition coefficient (Wildman–Crippen LogP) is 3.00. The quantitative estimate of drug-likeness (QED) is 0.683. The Labute approximate surface area is 97.3 Å². The summed E-state index contributed by atoms with van der Waals surface area (Å²) in [4.78, 5) is 20.6. The lowest BCUT2D eigenvalue weighted by atomic mass is 9.88. The van der Waals surface area contributed by atoms with Crippen LogP contribution in [0.1, 0.15) is 57.9 Å². The molecule has 3 nitrogen and oxygen atoms in total. The Hall–Kier alpha value is -1.25. The van der Waals surface area contributed by atoms with Crippen molar-refractivity contribution >= 4 is 5.78 Å². The molecule has 16 heavy (non-hydrogen) atoms. The Bertz CT molecular complexity index is 397. The zero-order chi connectivity index (χ0) is 12.6. The first-order valence-electron chi connectivity index (χ1n) is 5.51. The normalized spacial score (nSPS) is 12.6. The highest BCUT2D eigenvalue weighted by Gasteiger charge is 2.26. The van der Waals surface area contributed by atoms with E-state index in [2.05, 4.69) is 9.97 Å². The summed E-state index contributed by atoms with van der Waals surface area (Å²) in [7, 11) is 0. The average molecular weight is 220 g/mol. The number of ketones is 1. The van der Waals surface area contributed by atoms with E-state index in [1.165, 1.54) is 0 Å². The molecule has 0 aliphatic carbocycles. The molecule has 0 N–H and O–H groups in total. The van der Waals surface area contributed by atoms with Gasteiger partial charge in [0.2, 0.25) is 0 Å². The number of carbonyl (C=O) groups is 1. The molecule has 0 bridgehead atoms. The molecule has 0 amide bonds. The molecule has 0 fully saturated rings. The van der Waals surface area contributed by atoms with Gasteiger partial charge in [0.1, 0.15) is 11.5 Å². The standard InChI is InChI=1S/C13H20N2O/c1-12(2,3)10(16)9-7-8-14-11(15-9)13(4,5)6/h7-8H,1-6H3. The van der Waals surface area contributed by atoms with Crippen LogP contribution in [0.2, 0.25) is 0 Å². The van der Waals surface area contributed by atoms with Crippen LogP contribution in [-0.2, 0) is 5.41 Å². The topological polar surface area (TPSA) is 42.9 Å². The number of aromatic nitrogens is 2. The summed E-state index contributed by atoms with van der Waals surface area (Å²) in [6.07, 6.45) is 1.66. The monoisotopic (exact) mass is 220 g/mol. The fourth-order valence-corrected chi connectivity index (χ4v) is 1.23. The number of hydrogen-bond acceptors (Lipinski definition) is 3. The van der Waals surface area contributed by atoms with Crippen LogP contribution in [0, 0.1) is 5.41 Å². The number of rotatable bonds is 1. The summed E-state index contributed by atoms with van der Waals surface area (Å²) in [6, 6.07) is 1.68. The van der Waals surface area contributed by atoms with Crippen molar-refractivity contribution in [2.24, 2.45) is 5.41 Å². The molecule has 0 unspecified atom stereocenters. The van der Waals surface area contributed by atoms with E-state index < -0.39 is 5.41 Å². The first kappa shape index (κ1) is 12.8. The SMILES string of the molecule is CC(C)(C)C(=O)c1ccnc(C(C)(C)C)n1. The van der Waals surface area contributed by atoms with E-state index in [4.69, 9.17) is 0 Å². The first-order valence-corrected chi connectivity index (χ1v) is 5.51. The van der Waals surface area contributed by atoms with Crippen LogP contribution >= 0.6 is 0 Å². The Morgan fingerprint density at radius 2 is 1.69 bits per heavy atom. The van der Waals surface area contributed by atoms with Crippen molar-refractivity contribution in [1.82, 2.24) is 9.97 Å². The minimum Gasteiger partial charge on any atom is -0.292 e. The molecule has 1 aromatic rings. The largest absolute Gasteiger partial charge is 0.292 e. The molecule has 1 heterocycles.